The summed E-state index contributed by atoms with van der Waals surface area (Å²) < 4.78 is 5.56. The van der Waals surface area contributed by atoms with Crippen LogP contribution in [-0.4, -0.2) is 25.6 Å². The van der Waals surface area contributed by atoms with Crippen molar-refractivity contribution in [2.75, 3.05) is 29.9 Å². The number of amides is 1. The van der Waals surface area contributed by atoms with E-state index in [4.69, 9.17) is 4.74 Å². The van der Waals surface area contributed by atoms with E-state index in [1.165, 1.54) is 24.1 Å². The molecule has 0 aromatic heterocycles. The summed E-state index contributed by atoms with van der Waals surface area (Å²) in [7, 11) is 0. The molecule has 25 heavy (non-hydrogen) atoms. The first-order valence-corrected chi connectivity index (χ1v) is 8.99. The van der Waals surface area contributed by atoms with E-state index in [2.05, 4.69) is 36.2 Å². The van der Waals surface area contributed by atoms with E-state index in [1.54, 1.807) is 0 Å². The van der Waals surface area contributed by atoms with Gasteiger partial charge in [-0.2, -0.15) is 0 Å². The van der Waals surface area contributed by atoms with Gasteiger partial charge in [0.15, 0.2) is 6.61 Å². The van der Waals surface area contributed by atoms with Gasteiger partial charge in [0.25, 0.3) is 5.91 Å². The van der Waals surface area contributed by atoms with E-state index < -0.39 is 0 Å². The highest BCUT2D eigenvalue weighted by Gasteiger charge is 2.12. The average Bonchev–Trinajstić information content (AvgIpc) is 3.15. The molecule has 2 aromatic carbocycles. The van der Waals surface area contributed by atoms with Gasteiger partial charge in [-0.15, -0.1) is 0 Å². The molecular weight excluding hydrogens is 312 g/mol. The summed E-state index contributed by atoms with van der Waals surface area (Å²) >= 11 is 0. The molecule has 4 heteroatoms. The van der Waals surface area contributed by atoms with Crippen molar-refractivity contribution in [1.29, 1.82) is 0 Å². The van der Waals surface area contributed by atoms with Gasteiger partial charge >= 0.3 is 0 Å². The molecule has 0 unspecified atom stereocenters. The predicted octanol–water partition coefficient (Wildman–Crippen LogP) is 4.43. The fourth-order valence-electron chi connectivity index (χ4n) is 3.03. The van der Waals surface area contributed by atoms with Crippen LogP contribution < -0.4 is 15.0 Å². The topological polar surface area (TPSA) is 41.6 Å². The second-order valence-corrected chi connectivity index (χ2v) is 6.80. The lowest BCUT2D eigenvalue weighted by molar-refractivity contribution is -0.118. The zero-order valence-electron chi connectivity index (χ0n) is 15.0. The maximum absolute atomic E-state index is 12.1. The van der Waals surface area contributed by atoms with E-state index in [-0.39, 0.29) is 12.5 Å². The Bertz CT molecular complexity index is 687. The van der Waals surface area contributed by atoms with Gasteiger partial charge in [-0.1, -0.05) is 26.0 Å². The summed E-state index contributed by atoms with van der Waals surface area (Å²) in [5.41, 5.74) is 3.28. The van der Waals surface area contributed by atoms with Crippen molar-refractivity contribution < 1.29 is 9.53 Å². The Morgan fingerprint density at radius 3 is 2.28 bits per heavy atom. The minimum atomic E-state index is -0.151. The molecule has 2 aromatic rings. The van der Waals surface area contributed by atoms with Crippen LogP contribution in [0, 0.1) is 0 Å². The number of hydrogen-bond donors (Lipinski definition) is 1. The third kappa shape index (κ3) is 4.75. The largest absolute Gasteiger partial charge is 0.484 e. The minimum absolute atomic E-state index is 0.00883. The molecule has 4 nitrogen and oxygen atoms in total. The van der Waals surface area contributed by atoms with Crippen molar-refractivity contribution in [2.45, 2.75) is 32.6 Å². The Labute approximate surface area is 149 Å². The van der Waals surface area contributed by atoms with Crippen LogP contribution >= 0.6 is 0 Å². The van der Waals surface area contributed by atoms with E-state index in [0.29, 0.717) is 11.7 Å². The van der Waals surface area contributed by atoms with Crippen molar-refractivity contribution in [3.63, 3.8) is 0 Å². The van der Waals surface area contributed by atoms with Gasteiger partial charge in [-0.25, -0.2) is 0 Å². The molecule has 0 spiro atoms. The highest BCUT2D eigenvalue weighted by molar-refractivity contribution is 5.92. The SMILES string of the molecule is CC(C)c1ccc(OCC(=O)Nc2ccc(N3CCCC3)cc2)cc1. The number of benzene rings is 2. The monoisotopic (exact) mass is 338 g/mol. The molecule has 0 saturated carbocycles. The van der Waals surface area contributed by atoms with Crippen molar-refractivity contribution in [2.24, 2.45) is 0 Å². The molecule has 0 radical (unpaired) electrons. The Morgan fingerprint density at radius 2 is 1.68 bits per heavy atom. The molecule has 3 rings (SSSR count). The molecule has 0 atom stereocenters. The Hall–Kier alpha value is -2.49. The molecular formula is C21H26N2O2. The number of carbonyl (C=O) groups excluding carboxylic acids is 1. The first kappa shape index (κ1) is 17.3. The normalized spacial score (nSPS) is 14.0. The van der Waals surface area contributed by atoms with Crippen LogP contribution in [-0.2, 0) is 4.79 Å². The lowest BCUT2D eigenvalue weighted by Gasteiger charge is -2.17. The number of hydrogen-bond acceptors (Lipinski definition) is 3. The van der Waals surface area contributed by atoms with Crippen LogP contribution in [0.3, 0.4) is 0 Å². The van der Waals surface area contributed by atoms with Gasteiger partial charge in [-0.3, -0.25) is 4.79 Å². The maximum Gasteiger partial charge on any atom is 0.262 e. The van der Waals surface area contributed by atoms with E-state index >= 15 is 0 Å². The van der Waals surface area contributed by atoms with Gasteiger partial charge in [-0.05, 0) is 60.7 Å². The summed E-state index contributed by atoms with van der Waals surface area (Å²) in [5.74, 6) is 1.05. The number of anilines is 2. The molecule has 1 fully saturated rings. The smallest absolute Gasteiger partial charge is 0.262 e. The summed E-state index contributed by atoms with van der Waals surface area (Å²) in [6, 6.07) is 15.9. The molecule has 0 bridgehead atoms. The molecule has 1 aliphatic heterocycles. The Morgan fingerprint density at radius 1 is 1.04 bits per heavy atom. The quantitative estimate of drug-likeness (QED) is 0.847. The zero-order chi connectivity index (χ0) is 17.6. The highest BCUT2D eigenvalue weighted by atomic mass is 16.5. The maximum atomic E-state index is 12.1. The Balaban J connectivity index is 1.48. The summed E-state index contributed by atoms with van der Waals surface area (Å²) in [4.78, 5) is 14.4. The van der Waals surface area contributed by atoms with Crippen LogP contribution in [0.25, 0.3) is 0 Å². The van der Waals surface area contributed by atoms with Gasteiger partial charge in [0.2, 0.25) is 0 Å². The summed E-state index contributed by atoms with van der Waals surface area (Å²) in [6.07, 6.45) is 2.52. The lowest BCUT2D eigenvalue weighted by Crippen LogP contribution is -2.20. The van der Waals surface area contributed by atoms with Crippen molar-refractivity contribution >= 4 is 17.3 Å². The molecule has 1 heterocycles. The van der Waals surface area contributed by atoms with Crippen LogP contribution in [0.2, 0.25) is 0 Å². The van der Waals surface area contributed by atoms with Crippen molar-refractivity contribution in [3.05, 3.63) is 54.1 Å². The van der Waals surface area contributed by atoms with Crippen LogP contribution in [0.4, 0.5) is 11.4 Å². The minimum Gasteiger partial charge on any atom is -0.484 e. The number of rotatable bonds is 6. The Kier molecular flexibility index (Phi) is 5.59. The van der Waals surface area contributed by atoms with Crippen LogP contribution in [0.1, 0.15) is 38.2 Å². The number of nitrogens with one attached hydrogen (secondary N) is 1. The van der Waals surface area contributed by atoms with Gasteiger partial charge in [0, 0.05) is 24.5 Å². The number of carbonyl (C=O) groups is 1. The van der Waals surface area contributed by atoms with Gasteiger partial charge in [0.05, 0.1) is 0 Å². The second kappa shape index (κ2) is 8.06. The number of ether oxygens (including phenoxy) is 1. The first-order valence-electron chi connectivity index (χ1n) is 8.99. The molecule has 1 amide bonds. The fourth-order valence-corrected chi connectivity index (χ4v) is 3.03. The molecule has 1 saturated heterocycles. The first-order chi connectivity index (χ1) is 12.1. The molecule has 0 aliphatic carbocycles. The predicted molar refractivity (Wildman–Crippen MR) is 103 cm³/mol. The lowest BCUT2D eigenvalue weighted by atomic mass is 10.0. The molecule has 1 aliphatic rings. The standard InChI is InChI=1S/C21H26N2O2/c1-16(2)17-5-11-20(12-6-17)25-15-21(24)22-18-7-9-19(10-8-18)23-13-3-4-14-23/h5-12,16H,3-4,13-15H2,1-2H3,(H,22,24). The third-order valence-corrected chi connectivity index (χ3v) is 4.54. The van der Waals surface area contributed by atoms with E-state index in [9.17, 15) is 4.79 Å². The van der Waals surface area contributed by atoms with Gasteiger partial charge in [0.1, 0.15) is 5.75 Å². The van der Waals surface area contributed by atoms with E-state index in [0.717, 1.165) is 18.8 Å². The third-order valence-electron chi connectivity index (χ3n) is 4.54. The summed E-state index contributed by atoms with van der Waals surface area (Å²) in [6.45, 7) is 6.55. The van der Waals surface area contributed by atoms with Crippen LogP contribution in [0.5, 0.6) is 5.75 Å². The summed E-state index contributed by atoms with van der Waals surface area (Å²) in [5, 5.41) is 2.88. The zero-order valence-corrected chi connectivity index (χ0v) is 15.0. The fraction of sp³-hybridized carbons (Fsp3) is 0.381. The van der Waals surface area contributed by atoms with Gasteiger partial charge < -0.3 is 15.0 Å². The van der Waals surface area contributed by atoms with Crippen molar-refractivity contribution in [1.82, 2.24) is 0 Å². The van der Waals surface area contributed by atoms with Crippen LogP contribution in [0.15, 0.2) is 48.5 Å². The highest BCUT2D eigenvalue weighted by Crippen LogP contribution is 2.22. The average molecular weight is 338 g/mol. The molecule has 1 N–H and O–H groups in total. The number of nitrogens with zero attached hydrogens (tertiary/aromatic N) is 1. The molecule has 132 valence electrons. The van der Waals surface area contributed by atoms with E-state index in [1.807, 2.05) is 36.4 Å². The second-order valence-electron chi connectivity index (χ2n) is 6.80. The van der Waals surface area contributed by atoms with Crippen molar-refractivity contribution in [3.8, 4) is 5.75 Å².